The van der Waals surface area contributed by atoms with Gasteiger partial charge >= 0.3 is 0 Å². The van der Waals surface area contributed by atoms with Crippen molar-refractivity contribution in [2.24, 2.45) is 0 Å². The normalized spacial score (nSPS) is 19.4. The Balaban J connectivity index is 1.97. The van der Waals surface area contributed by atoms with Gasteiger partial charge in [-0.3, -0.25) is 4.79 Å². The fourth-order valence-electron chi connectivity index (χ4n) is 2.32. The highest BCUT2D eigenvalue weighted by atomic mass is 16.5. The van der Waals surface area contributed by atoms with Crippen molar-refractivity contribution in [3.8, 4) is 5.75 Å². The molecule has 3 nitrogen and oxygen atoms in total. The summed E-state index contributed by atoms with van der Waals surface area (Å²) in [7, 11) is 1.64. The Bertz CT molecular complexity index is 386. The largest absolute Gasteiger partial charge is 0.497 e. The second-order valence-electron chi connectivity index (χ2n) is 4.60. The Labute approximate surface area is 102 Å². The van der Waals surface area contributed by atoms with Crippen LogP contribution in [-0.2, 0) is 11.2 Å². The average Bonchev–Trinajstić information content (AvgIpc) is 2.76. The van der Waals surface area contributed by atoms with Crippen LogP contribution in [0.5, 0.6) is 5.75 Å². The van der Waals surface area contributed by atoms with E-state index in [1.807, 2.05) is 29.2 Å². The lowest BCUT2D eigenvalue weighted by atomic mass is 10.1. The Morgan fingerprint density at radius 2 is 2.12 bits per heavy atom. The third-order valence-corrected chi connectivity index (χ3v) is 3.39. The molecule has 1 aromatic carbocycles. The summed E-state index contributed by atoms with van der Waals surface area (Å²) < 4.78 is 5.10. The number of carbonyl (C=O) groups is 1. The number of likely N-dealkylation sites (tertiary alicyclic amines) is 1. The Morgan fingerprint density at radius 3 is 2.65 bits per heavy atom. The van der Waals surface area contributed by atoms with Gasteiger partial charge in [0.1, 0.15) is 5.75 Å². The molecule has 17 heavy (non-hydrogen) atoms. The van der Waals surface area contributed by atoms with Crippen molar-refractivity contribution in [2.75, 3.05) is 13.7 Å². The van der Waals surface area contributed by atoms with Gasteiger partial charge in [-0.1, -0.05) is 12.1 Å². The molecule has 0 aromatic heterocycles. The lowest BCUT2D eigenvalue weighted by Crippen LogP contribution is -2.34. The Morgan fingerprint density at radius 1 is 1.41 bits per heavy atom. The third kappa shape index (κ3) is 2.78. The number of nitrogens with zero attached hydrogens (tertiary/aromatic N) is 1. The Hall–Kier alpha value is -1.51. The molecular weight excluding hydrogens is 214 g/mol. The summed E-state index contributed by atoms with van der Waals surface area (Å²) in [6.45, 7) is 3.04. The van der Waals surface area contributed by atoms with Gasteiger partial charge in [-0.05, 0) is 37.5 Å². The fourth-order valence-corrected chi connectivity index (χ4v) is 2.32. The van der Waals surface area contributed by atoms with Crippen LogP contribution in [0.1, 0.15) is 25.3 Å². The molecule has 1 heterocycles. The number of methoxy groups -OCH3 is 1. The van der Waals surface area contributed by atoms with Crippen LogP contribution < -0.4 is 4.74 Å². The van der Waals surface area contributed by atoms with E-state index in [2.05, 4.69) is 6.92 Å². The zero-order valence-corrected chi connectivity index (χ0v) is 10.5. The molecule has 1 aliphatic heterocycles. The highest BCUT2D eigenvalue weighted by molar-refractivity contribution is 5.79. The molecule has 0 spiro atoms. The highest BCUT2D eigenvalue weighted by Crippen LogP contribution is 2.18. The molecule has 0 radical (unpaired) electrons. The van der Waals surface area contributed by atoms with E-state index in [9.17, 15) is 4.79 Å². The minimum atomic E-state index is 0.236. The van der Waals surface area contributed by atoms with Crippen molar-refractivity contribution >= 4 is 5.91 Å². The minimum Gasteiger partial charge on any atom is -0.497 e. The van der Waals surface area contributed by atoms with Gasteiger partial charge in [-0.25, -0.2) is 0 Å². The second kappa shape index (κ2) is 5.21. The number of carbonyl (C=O) groups excluding carboxylic acids is 1. The van der Waals surface area contributed by atoms with E-state index in [1.165, 1.54) is 0 Å². The van der Waals surface area contributed by atoms with Crippen molar-refractivity contribution in [1.82, 2.24) is 4.90 Å². The van der Waals surface area contributed by atoms with E-state index >= 15 is 0 Å². The average molecular weight is 233 g/mol. The van der Waals surface area contributed by atoms with Gasteiger partial charge in [0.05, 0.1) is 13.5 Å². The first kappa shape index (κ1) is 12.0. The SMILES string of the molecule is COc1ccc(CC(=O)N2CCCC2C)cc1. The number of amides is 1. The molecule has 2 rings (SSSR count). The molecule has 0 bridgehead atoms. The van der Waals surface area contributed by atoms with Crippen LogP contribution in [0.25, 0.3) is 0 Å². The van der Waals surface area contributed by atoms with Crippen molar-refractivity contribution < 1.29 is 9.53 Å². The van der Waals surface area contributed by atoms with Crippen LogP contribution >= 0.6 is 0 Å². The summed E-state index contributed by atoms with van der Waals surface area (Å²) in [5.41, 5.74) is 1.05. The number of benzene rings is 1. The van der Waals surface area contributed by atoms with Crippen molar-refractivity contribution in [3.63, 3.8) is 0 Å². The molecule has 1 saturated heterocycles. The molecule has 1 unspecified atom stereocenters. The first-order valence-electron chi connectivity index (χ1n) is 6.13. The molecule has 0 N–H and O–H groups in total. The highest BCUT2D eigenvalue weighted by Gasteiger charge is 2.24. The van der Waals surface area contributed by atoms with Crippen molar-refractivity contribution in [2.45, 2.75) is 32.2 Å². The van der Waals surface area contributed by atoms with Gasteiger partial charge in [-0.2, -0.15) is 0 Å². The number of ether oxygens (including phenoxy) is 1. The molecule has 92 valence electrons. The van der Waals surface area contributed by atoms with Crippen molar-refractivity contribution in [1.29, 1.82) is 0 Å². The summed E-state index contributed by atoms with van der Waals surface area (Å²) >= 11 is 0. The quantitative estimate of drug-likeness (QED) is 0.801. The molecule has 1 aliphatic rings. The van der Waals surface area contributed by atoms with Crippen LogP contribution in [0.4, 0.5) is 0 Å². The monoisotopic (exact) mass is 233 g/mol. The predicted octanol–water partition coefficient (Wildman–Crippen LogP) is 2.25. The van der Waals surface area contributed by atoms with Crippen LogP contribution in [0.3, 0.4) is 0 Å². The van der Waals surface area contributed by atoms with E-state index < -0.39 is 0 Å². The van der Waals surface area contributed by atoms with E-state index in [1.54, 1.807) is 7.11 Å². The zero-order chi connectivity index (χ0) is 12.3. The summed E-state index contributed by atoms with van der Waals surface area (Å²) in [5.74, 6) is 1.07. The lowest BCUT2D eigenvalue weighted by molar-refractivity contribution is -0.130. The first-order valence-corrected chi connectivity index (χ1v) is 6.13. The minimum absolute atomic E-state index is 0.236. The standard InChI is InChI=1S/C14H19NO2/c1-11-4-3-9-15(11)14(16)10-12-5-7-13(17-2)8-6-12/h5-8,11H,3-4,9-10H2,1-2H3. The van der Waals surface area contributed by atoms with Gasteiger partial charge in [0, 0.05) is 12.6 Å². The van der Waals surface area contributed by atoms with Gasteiger partial charge in [0.25, 0.3) is 0 Å². The molecule has 1 atom stereocenters. The van der Waals surface area contributed by atoms with Gasteiger partial charge in [0.15, 0.2) is 0 Å². The predicted molar refractivity (Wildman–Crippen MR) is 67.1 cm³/mol. The zero-order valence-electron chi connectivity index (χ0n) is 10.5. The number of hydrogen-bond acceptors (Lipinski definition) is 2. The molecule has 0 aliphatic carbocycles. The van der Waals surface area contributed by atoms with E-state index in [0.717, 1.165) is 30.7 Å². The summed E-state index contributed by atoms with van der Waals surface area (Å²) in [6, 6.07) is 8.11. The summed E-state index contributed by atoms with van der Waals surface area (Å²) in [4.78, 5) is 14.1. The van der Waals surface area contributed by atoms with E-state index in [0.29, 0.717) is 12.5 Å². The number of rotatable bonds is 3. The maximum Gasteiger partial charge on any atom is 0.227 e. The molecule has 3 heteroatoms. The van der Waals surface area contributed by atoms with Crippen molar-refractivity contribution in [3.05, 3.63) is 29.8 Å². The second-order valence-corrected chi connectivity index (χ2v) is 4.60. The molecule has 1 amide bonds. The molecule has 1 fully saturated rings. The number of hydrogen-bond donors (Lipinski definition) is 0. The van der Waals surface area contributed by atoms with Gasteiger partial charge < -0.3 is 9.64 Å². The van der Waals surface area contributed by atoms with Crippen LogP contribution in [-0.4, -0.2) is 30.5 Å². The lowest BCUT2D eigenvalue weighted by Gasteiger charge is -2.21. The van der Waals surface area contributed by atoms with E-state index in [-0.39, 0.29) is 5.91 Å². The maximum absolute atomic E-state index is 12.1. The fraction of sp³-hybridized carbons (Fsp3) is 0.500. The van der Waals surface area contributed by atoms with E-state index in [4.69, 9.17) is 4.74 Å². The molecule has 1 aromatic rings. The van der Waals surface area contributed by atoms with Gasteiger partial charge in [0.2, 0.25) is 5.91 Å². The van der Waals surface area contributed by atoms with Crippen LogP contribution in [0.2, 0.25) is 0 Å². The smallest absolute Gasteiger partial charge is 0.227 e. The van der Waals surface area contributed by atoms with Crippen LogP contribution in [0, 0.1) is 0 Å². The Kier molecular flexibility index (Phi) is 3.67. The molecular formula is C14H19NO2. The molecule has 0 saturated carbocycles. The summed E-state index contributed by atoms with van der Waals surface area (Å²) in [6.07, 6.45) is 2.76. The topological polar surface area (TPSA) is 29.5 Å². The van der Waals surface area contributed by atoms with Gasteiger partial charge in [-0.15, -0.1) is 0 Å². The van der Waals surface area contributed by atoms with Crippen LogP contribution in [0.15, 0.2) is 24.3 Å². The first-order chi connectivity index (χ1) is 8.20. The maximum atomic E-state index is 12.1. The third-order valence-electron chi connectivity index (χ3n) is 3.39. The summed E-state index contributed by atoms with van der Waals surface area (Å²) in [5, 5.41) is 0.